The van der Waals surface area contributed by atoms with Gasteiger partial charge in [-0.2, -0.15) is 4.98 Å². The van der Waals surface area contributed by atoms with Crippen molar-refractivity contribution in [3.63, 3.8) is 0 Å². The predicted octanol–water partition coefficient (Wildman–Crippen LogP) is 5.06. The van der Waals surface area contributed by atoms with E-state index in [1.165, 1.54) is 0 Å². The van der Waals surface area contributed by atoms with Gasteiger partial charge in [-0.15, -0.1) is 0 Å². The number of nitrogen functional groups attached to an aromatic ring is 1. The molecule has 0 radical (unpaired) electrons. The zero-order valence-electron chi connectivity index (χ0n) is 10.5. The van der Waals surface area contributed by atoms with E-state index in [1.807, 2.05) is 6.07 Å². The van der Waals surface area contributed by atoms with Crippen LogP contribution >= 0.6 is 39.1 Å². The summed E-state index contributed by atoms with van der Waals surface area (Å²) in [7, 11) is 0. The highest BCUT2D eigenvalue weighted by Crippen LogP contribution is 2.32. The quantitative estimate of drug-likeness (QED) is 0.627. The standard InChI is InChI=1S/C14H8BrCl2N3O/c15-10-3-2-8(18)6-9(10)14-19-13(20-21-14)7-1-4-11(16)12(17)5-7/h1-6H,18H2. The second-order valence-electron chi connectivity index (χ2n) is 4.29. The van der Waals surface area contributed by atoms with Crippen LogP contribution in [0.25, 0.3) is 22.8 Å². The Balaban J connectivity index is 2.03. The van der Waals surface area contributed by atoms with Gasteiger partial charge in [0.05, 0.1) is 15.6 Å². The van der Waals surface area contributed by atoms with Gasteiger partial charge in [0.15, 0.2) is 0 Å². The maximum Gasteiger partial charge on any atom is 0.259 e. The molecule has 0 bridgehead atoms. The zero-order valence-corrected chi connectivity index (χ0v) is 13.6. The average Bonchev–Trinajstić information content (AvgIpc) is 2.94. The van der Waals surface area contributed by atoms with E-state index in [0.717, 1.165) is 15.6 Å². The molecule has 0 atom stereocenters. The SMILES string of the molecule is Nc1ccc(Br)c(-c2nc(-c3ccc(Cl)c(Cl)c3)no2)c1. The molecule has 0 fully saturated rings. The average molecular weight is 385 g/mol. The molecule has 2 aromatic carbocycles. The maximum absolute atomic E-state index is 5.99. The van der Waals surface area contributed by atoms with E-state index in [4.69, 9.17) is 33.5 Å². The number of nitrogens with two attached hydrogens (primary N) is 1. The van der Waals surface area contributed by atoms with E-state index >= 15 is 0 Å². The number of hydrogen-bond acceptors (Lipinski definition) is 4. The lowest BCUT2D eigenvalue weighted by atomic mass is 10.2. The molecule has 0 unspecified atom stereocenters. The Bertz CT molecular complexity index is 820. The Kier molecular flexibility index (Phi) is 3.89. The second kappa shape index (κ2) is 5.67. The van der Waals surface area contributed by atoms with E-state index in [1.54, 1.807) is 30.3 Å². The molecule has 1 aromatic heterocycles. The van der Waals surface area contributed by atoms with E-state index in [9.17, 15) is 0 Å². The summed E-state index contributed by atoms with van der Waals surface area (Å²) in [6, 6.07) is 10.5. The van der Waals surface area contributed by atoms with Crippen molar-refractivity contribution in [2.75, 3.05) is 5.73 Å². The molecule has 4 nitrogen and oxygen atoms in total. The Hall–Kier alpha value is -1.56. The van der Waals surface area contributed by atoms with Gasteiger partial charge in [0.2, 0.25) is 5.82 Å². The molecule has 0 aliphatic heterocycles. The van der Waals surface area contributed by atoms with Gasteiger partial charge in [0.1, 0.15) is 0 Å². The zero-order chi connectivity index (χ0) is 15.0. The molecule has 3 aromatic rings. The number of rotatable bonds is 2. The van der Waals surface area contributed by atoms with Crippen molar-refractivity contribution in [3.05, 3.63) is 50.9 Å². The van der Waals surface area contributed by atoms with Gasteiger partial charge in [0, 0.05) is 15.7 Å². The Morgan fingerprint density at radius 1 is 1.05 bits per heavy atom. The van der Waals surface area contributed by atoms with Crippen molar-refractivity contribution >= 4 is 44.8 Å². The summed E-state index contributed by atoms with van der Waals surface area (Å²) in [6.45, 7) is 0. The largest absolute Gasteiger partial charge is 0.399 e. The molecule has 0 saturated carbocycles. The van der Waals surface area contributed by atoms with Gasteiger partial charge in [-0.1, -0.05) is 28.4 Å². The highest BCUT2D eigenvalue weighted by atomic mass is 79.9. The highest BCUT2D eigenvalue weighted by molar-refractivity contribution is 9.10. The molecule has 21 heavy (non-hydrogen) atoms. The van der Waals surface area contributed by atoms with Crippen LogP contribution in [0.3, 0.4) is 0 Å². The van der Waals surface area contributed by atoms with Gasteiger partial charge < -0.3 is 10.3 Å². The fraction of sp³-hybridized carbons (Fsp3) is 0. The molecule has 1 heterocycles. The van der Waals surface area contributed by atoms with Crippen molar-refractivity contribution in [3.8, 4) is 22.8 Å². The summed E-state index contributed by atoms with van der Waals surface area (Å²) in [5, 5.41) is 4.87. The summed E-state index contributed by atoms with van der Waals surface area (Å²) < 4.78 is 6.11. The fourth-order valence-corrected chi connectivity index (χ4v) is 2.51. The molecule has 0 aliphatic carbocycles. The minimum atomic E-state index is 0.371. The number of hydrogen-bond donors (Lipinski definition) is 1. The first kappa shape index (κ1) is 14.4. The molecule has 106 valence electrons. The van der Waals surface area contributed by atoms with Gasteiger partial charge >= 0.3 is 0 Å². The van der Waals surface area contributed by atoms with E-state index in [0.29, 0.717) is 27.4 Å². The van der Waals surface area contributed by atoms with Crippen LogP contribution in [0.4, 0.5) is 5.69 Å². The van der Waals surface area contributed by atoms with Crippen molar-refractivity contribution in [2.24, 2.45) is 0 Å². The molecular weight excluding hydrogens is 377 g/mol. The molecule has 0 amide bonds. The van der Waals surface area contributed by atoms with Crippen LogP contribution in [-0.2, 0) is 0 Å². The lowest BCUT2D eigenvalue weighted by Gasteiger charge is -2.00. The van der Waals surface area contributed by atoms with Crippen LogP contribution in [0.15, 0.2) is 45.4 Å². The van der Waals surface area contributed by atoms with E-state index in [-0.39, 0.29) is 0 Å². The maximum atomic E-state index is 5.99. The van der Waals surface area contributed by atoms with Crippen molar-refractivity contribution < 1.29 is 4.52 Å². The minimum absolute atomic E-state index is 0.371. The number of halogens is 3. The van der Waals surface area contributed by atoms with Gasteiger partial charge in [-0.25, -0.2) is 0 Å². The van der Waals surface area contributed by atoms with Crippen LogP contribution in [0.1, 0.15) is 0 Å². The summed E-state index contributed by atoms with van der Waals surface area (Å²) in [4.78, 5) is 4.36. The number of aromatic nitrogens is 2. The van der Waals surface area contributed by atoms with Crippen LogP contribution in [0.2, 0.25) is 10.0 Å². The first-order valence-electron chi connectivity index (χ1n) is 5.89. The molecular formula is C14H8BrCl2N3O. The van der Waals surface area contributed by atoms with Gasteiger partial charge in [-0.3, -0.25) is 0 Å². The van der Waals surface area contributed by atoms with Crippen molar-refractivity contribution in [1.82, 2.24) is 10.1 Å². The Labute approximate surface area is 139 Å². The first-order chi connectivity index (χ1) is 10.0. The molecule has 2 N–H and O–H groups in total. The lowest BCUT2D eigenvalue weighted by Crippen LogP contribution is -1.87. The number of anilines is 1. The Morgan fingerprint density at radius 3 is 2.62 bits per heavy atom. The fourth-order valence-electron chi connectivity index (χ4n) is 1.79. The molecule has 3 rings (SSSR count). The monoisotopic (exact) mass is 383 g/mol. The Morgan fingerprint density at radius 2 is 1.86 bits per heavy atom. The second-order valence-corrected chi connectivity index (χ2v) is 5.96. The normalized spacial score (nSPS) is 10.8. The summed E-state index contributed by atoms with van der Waals surface area (Å²) in [5.74, 6) is 0.799. The third-order valence-corrected chi connectivity index (χ3v) is 4.26. The van der Waals surface area contributed by atoms with E-state index in [2.05, 4.69) is 26.1 Å². The van der Waals surface area contributed by atoms with Crippen LogP contribution in [0, 0.1) is 0 Å². The molecule has 7 heteroatoms. The van der Waals surface area contributed by atoms with Crippen LogP contribution in [-0.4, -0.2) is 10.1 Å². The summed E-state index contributed by atoms with van der Waals surface area (Å²) in [6.07, 6.45) is 0. The third-order valence-electron chi connectivity index (χ3n) is 2.82. The van der Waals surface area contributed by atoms with Gasteiger partial charge in [-0.05, 0) is 52.3 Å². The van der Waals surface area contributed by atoms with E-state index < -0.39 is 0 Å². The van der Waals surface area contributed by atoms with Gasteiger partial charge in [0.25, 0.3) is 5.89 Å². The minimum Gasteiger partial charge on any atom is -0.399 e. The smallest absolute Gasteiger partial charge is 0.259 e. The predicted molar refractivity (Wildman–Crippen MR) is 87.3 cm³/mol. The summed E-state index contributed by atoms with van der Waals surface area (Å²) in [5.41, 5.74) is 7.84. The summed E-state index contributed by atoms with van der Waals surface area (Å²) >= 11 is 15.3. The van der Waals surface area contributed by atoms with Crippen molar-refractivity contribution in [2.45, 2.75) is 0 Å². The number of benzene rings is 2. The first-order valence-corrected chi connectivity index (χ1v) is 7.44. The number of nitrogens with zero attached hydrogens (tertiary/aromatic N) is 2. The molecule has 0 aliphatic rings. The third kappa shape index (κ3) is 2.90. The topological polar surface area (TPSA) is 64.9 Å². The lowest BCUT2D eigenvalue weighted by molar-refractivity contribution is 0.432. The molecule has 0 saturated heterocycles. The molecule has 0 spiro atoms. The highest BCUT2D eigenvalue weighted by Gasteiger charge is 2.14. The van der Waals surface area contributed by atoms with Crippen LogP contribution in [0.5, 0.6) is 0 Å². The van der Waals surface area contributed by atoms with Crippen LogP contribution < -0.4 is 5.73 Å². The van der Waals surface area contributed by atoms with Crippen molar-refractivity contribution in [1.29, 1.82) is 0 Å².